The number of amides is 1. The number of ether oxygens (including phenoxy) is 1. The molecule has 5 nitrogen and oxygen atoms in total. The first-order chi connectivity index (χ1) is 11.3. The van der Waals surface area contributed by atoms with E-state index in [2.05, 4.69) is 0 Å². The number of methoxy groups -OCH3 is 1. The van der Waals surface area contributed by atoms with Gasteiger partial charge >= 0.3 is 5.97 Å². The third kappa shape index (κ3) is 4.17. The Hall–Kier alpha value is -0.950. The number of benzene rings is 1. The molecule has 1 saturated heterocycles. The van der Waals surface area contributed by atoms with Crippen molar-refractivity contribution in [1.29, 1.82) is 0 Å². The summed E-state index contributed by atoms with van der Waals surface area (Å²) in [6, 6.07) is 5.09. The Morgan fingerprint density at radius 2 is 2.17 bits per heavy atom. The topological polar surface area (TPSA) is 66.8 Å². The van der Waals surface area contributed by atoms with Crippen LogP contribution in [0.4, 0.5) is 0 Å². The van der Waals surface area contributed by atoms with Crippen LogP contribution in [-0.2, 0) is 14.3 Å². The van der Waals surface area contributed by atoms with Gasteiger partial charge in [-0.25, -0.2) is 0 Å². The van der Waals surface area contributed by atoms with Crippen LogP contribution in [0.25, 0.3) is 0 Å². The van der Waals surface area contributed by atoms with Crippen LogP contribution < -0.4 is 0 Å². The average Bonchev–Trinajstić information content (AvgIpc) is 2.96. The Bertz CT molecular complexity index is 643. The highest BCUT2D eigenvalue weighted by Crippen LogP contribution is 2.36. The number of carbonyl (C=O) groups excluding carboxylic acids is 1. The summed E-state index contributed by atoms with van der Waals surface area (Å²) in [5.74, 6) is -1.05. The van der Waals surface area contributed by atoms with Crippen LogP contribution in [0.3, 0.4) is 0 Å². The van der Waals surface area contributed by atoms with E-state index in [4.69, 9.17) is 27.9 Å². The van der Waals surface area contributed by atoms with E-state index in [1.807, 2.05) is 0 Å². The van der Waals surface area contributed by atoms with Gasteiger partial charge < -0.3 is 14.7 Å². The van der Waals surface area contributed by atoms with E-state index in [1.54, 1.807) is 30.0 Å². The number of aliphatic carboxylic acids is 1. The number of nitrogens with zero attached hydrogens (tertiary/aromatic N) is 1. The molecule has 1 amide bonds. The van der Waals surface area contributed by atoms with E-state index in [9.17, 15) is 14.7 Å². The summed E-state index contributed by atoms with van der Waals surface area (Å²) in [7, 11) is 1.47. The minimum Gasteiger partial charge on any atom is -0.481 e. The maximum Gasteiger partial charge on any atom is 0.313 e. The zero-order chi connectivity index (χ0) is 17.9. The SMILES string of the molecule is COCC1(C(=O)O)CCN(C(=O)C(C)Sc2cc(Cl)ccc2Cl)C1. The molecule has 0 spiro atoms. The van der Waals surface area contributed by atoms with Gasteiger partial charge in [0.2, 0.25) is 5.91 Å². The molecule has 2 unspecified atom stereocenters. The van der Waals surface area contributed by atoms with Gasteiger partial charge in [-0.1, -0.05) is 23.2 Å². The number of rotatable bonds is 6. The number of carboxylic acid groups (broad SMARTS) is 1. The molecule has 1 aromatic rings. The molecule has 0 radical (unpaired) electrons. The third-order valence-electron chi connectivity index (χ3n) is 4.08. The molecule has 0 aliphatic carbocycles. The van der Waals surface area contributed by atoms with Crippen LogP contribution in [0.1, 0.15) is 13.3 Å². The van der Waals surface area contributed by atoms with Gasteiger partial charge in [0, 0.05) is 30.1 Å². The van der Waals surface area contributed by atoms with Crippen molar-refractivity contribution in [2.75, 3.05) is 26.8 Å². The van der Waals surface area contributed by atoms with Crippen molar-refractivity contribution >= 4 is 46.8 Å². The van der Waals surface area contributed by atoms with Crippen LogP contribution in [0.2, 0.25) is 10.0 Å². The lowest BCUT2D eigenvalue weighted by Crippen LogP contribution is -2.41. The molecular formula is C16H19Cl2NO4S. The zero-order valence-electron chi connectivity index (χ0n) is 13.4. The van der Waals surface area contributed by atoms with Gasteiger partial charge in [-0.15, -0.1) is 11.8 Å². The number of likely N-dealkylation sites (tertiary alicyclic amines) is 1. The number of carbonyl (C=O) groups is 2. The van der Waals surface area contributed by atoms with Crippen LogP contribution in [0, 0.1) is 5.41 Å². The standard InChI is InChI=1S/C16H19Cl2NO4S/c1-10(24-13-7-11(17)3-4-12(13)18)14(20)19-6-5-16(8-19,9-23-2)15(21)22/h3-4,7,10H,5-6,8-9H2,1-2H3,(H,21,22). The summed E-state index contributed by atoms with van der Waals surface area (Å²) >= 11 is 13.4. The van der Waals surface area contributed by atoms with E-state index in [-0.39, 0.29) is 19.1 Å². The Kier molecular flexibility index (Phi) is 6.42. The van der Waals surface area contributed by atoms with Gasteiger partial charge in [0.15, 0.2) is 0 Å². The fourth-order valence-corrected chi connectivity index (χ4v) is 4.25. The fraction of sp³-hybridized carbons (Fsp3) is 0.500. The third-order valence-corrected chi connectivity index (χ3v) is 5.91. The number of thioether (sulfide) groups is 1. The largest absolute Gasteiger partial charge is 0.481 e. The van der Waals surface area contributed by atoms with Crippen molar-refractivity contribution in [1.82, 2.24) is 4.90 Å². The van der Waals surface area contributed by atoms with Crippen molar-refractivity contribution in [3.05, 3.63) is 28.2 Å². The van der Waals surface area contributed by atoms with Crippen molar-refractivity contribution in [3.8, 4) is 0 Å². The lowest BCUT2D eigenvalue weighted by atomic mass is 9.88. The summed E-state index contributed by atoms with van der Waals surface area (Å²) in [6.45, 7) is 2.43. The van der Waals surface area contributed by atoms with Crippen molar-refractivity contribution < 1.29 is 19.4 Å². The summed E-state index contributed by atoms with van der Waals surface area (Å²) in [6.07, 6.45) is 0.386. The first-order valence-electron chi connectivity index (χ1n) is 7.42. The average molecular weight is 392 g/mol. The molecule has 0 bridgehead atoms. The quantitative estimate of drug-likeness (QED) is 0.752. The Balaban J connectivity index is 2.06. The predicted octanol–water partition coefficient (Wildman–Crippen LogP) is 3.42. The zero-order valence-corrected chi connectivity index (χ0v) is 15.7. The number of hydrogen-bond acceptors (Lipinski definition) is 4. The molecule has 8 heteroatoms. The fourth-order valence-electron chi connectivity index (χ4n) is 2.76. The molecular weight excluding hydrogens is 373 g/mol. The molecule has 2 rings (SSSR count). The normalized spacial score (nSPS) is 21.8. The van der Waals surface area contributed by atoms with Gasteiger partial charge in [0.05, 0.1) is 16.9 Å². The summed E-state index contributed by atoms with van der Waals surface area (Å²) < 4.78 is 5.05. The predicted molar refractivity (Wildman–Crippen MR) is 94.9 cm³/mol. The maximum absolute atomic E-state index is 12.7. The van der Waals surface area contributed by atoms with Crippen LogP contribution >= 0.6 is 35.0 Å². The molecule has 1 aliphatic heterocycles. The molecule has 1 aliphatic rings. The summed E-state index contributed by atoms with van der Waals surface area (Å²) in [5, 5.41) is 10.2. The van der Waals surface area contributed by atoms with Gasteiger partial charge in [-0.05, 0) is 31.5 Å². The molecule has 1 fully saturated rings. The van der Waals surface area contributed by atoms with Gasteiger partial charge in [-0.3, -0.25) is 9.59 Å². The molecule has 1 N–H and O–H groups in total. The minimum atomic E-state index is -1.03. The van der Waals surface area contributed by atoms with Crippen molar-refractivity contribution in [3.63, 3.8) is 0 Å². The lowest BCUT2D eigenvalue weighted by molar-refractivity contribution is -0.151. The van der Waals surface area contributed by atoms with Crippen LogP contribution in [0.15, 0.2) is 23.1 Å². The van der Waals surface area contributed by atoms with E-state index in [0.717, 1.165) is 4.90 Å². The first kappa shape index (κ1) is 19.4. The highest BCUT2D eigenvalue weighted by atomic mass is 35.5. The van der Waals surface area contributed by atoms with E-state index < -0.39 is 16.6 Å². The highest BCUT2D eigenvalue weighted by molar-refractivity contribution is 8.00. The van der Waals surface area contributed by atoms with Crippen LogP contribution in [-0.4, -0.2) is 53.9 Å². The molecule has 132 valence electrons. The van der Waals surface area contributed by atoms with Gasteiger partial charge in [0.1, 0.15) is 5.41 Å². The minimum absolute atomic E-state index is 0.0910. The highest BCUT2D eigenvalue weighted by Gasteiger charge is 2.47. The number of halogens is 2. The second kappa shape index (κ2) is 7.95. The summed E-state index contributed by atoms with van der Waals surface area (Å²) in [5.41, 5.74) is -1.03. The molecule has 0 aromatic heterocycles. The van der Waals surface area contributed by atoms with Crippen molar-refractivity contribution in [2.45, 2.75) is 23.5 Å². The monoisotopic (exact) mass is 391 g/mol. The van der Waals surface area contributed by atoms with E-state index in [1.165, 1.54) is 18.9 Å². The maximum atomic E-state index is 12.7. The molecule has 1 aromatic carbocycles. The Morgan fingerprint density at radius 3 is 2.79 bits per heavy atom. The molecule has 1 heterocycles. The van der Waals surface area contributed by atoms with E-state index in [0.29, 0.717) is 23.0 Å². The lowest BCUT2D eigenvalue weighted by Gasteiger charge is -2.25. The van der Waals surface area contributed by atoms with E-state index >= 15 is 0 Å². The molecule has 24 heavy (non-hydrogen) atoms. The smallest absolute Gasteiger partial charge is 0.313 e. The summed E-state index contributed by atoms with van der Waals surface area (Å²) in [4.78, 5) is 26.5. The van der Waals surface area contributed by atoms with Crippen LogP contribution in [0.5, 0.6) is 0 Å². The number of carboxylic acids is 1. The van der Waals surface area contributed by atoms with Gasteiger partial charge in [-0.2, -0.15) is 0 Å². The molecule has 0 saturated carbocycles. The Labute approximate surface area is 155 Å². The second-order valence-electron chi connectivity index (χ2n) is 5.86. The molecule has 2 atom stereocenters. The van der Waals surface area contributed by atoms with Crippen molar-refractivity contribution in [2.24, 2.45) is 5.41 Å². The Morgan fingerprint density at radius 1 is 1.46 bits per heavy atom. The number of hydrogen-bond donors (Lipinski definition) is 1. The second-order valence-corrected chi connectivity index (χ2v) is 8.09. The first-order valence-corrected chi connectivity index (χ1v) is 9.05. The van der Waals surface area contributed by atoms with Gasteiger partial charge in [0.25, 0.3) is 0 Å².